The Bertz CT molecular complexity index is 4700. The molecule has 0 fully saturated rings. The standard InChI is InChI=1S/C63H37N7O/c64-36-39-23-26-52-46(34-39)47-35-40(37-65)24-27-53(47)70(52)54-29-31-66-59-48-33-38(25-28-55(48)71-63(54)59)30-32-67-49-20-10-7-17-43(49)56-60(67)57-44-18-8-11-21-50(44)68(41-13-3-1-4-14-41)62(57)58-45-19-9-12-22-51(45)69(61(56)58)42-15-5-2-6-16-42/h1-29,31,33-35H,30,32H2. The molecule has 0 N–H and O–H groups in total. The fourth-order valence-electron chi connectivity index (χ4n) is 11.8. The zero-order chi connectivity index (χ0) is 46.9. The van der Waals surface area contributed by atoms with Gasteiger partial charge in [-0.25, -0.2) is 0 Å². The molecule has 0 saturated heterocycles. The molecule has 0 aliphatic carbocycles. The highest BCUT2D eigenvalue weighted by molar-refractivity contribution is 6.40. The van der Waals surface area contributed by atoms with E-state index in [9.17, 15) is 10.5 Å². The summed E-state index contributed by atoms with van der Waals surface area (Å²) in [5.41, 5.74) is 16.5. The van der Waals surface area contributed by atoms with Crippen molar-refractivity contribution in [2.45, 2.75) is 13.0 Å². The van der Waals surface area contributed by atoms with E-state index in [1.54, 1.807) is 0 Å². The van der Waals surface area contributed by atoms with Crippen LogP contribution in [0.4, 0.5) is 0 Å². The maximum Gasteiger partial charge on any atom is 0.177 e. The number of hydrogen-bond donors (Lipinski definition) is 0. The number of para-hydroxylation sites is 5. The minimum absolute atomic E-state index is 0.558. The van der Waals surface area contributed by atoms with Crippen LogP contribution >= 0.6 is 0 Å². The number of hydrogen-bond acceptors (Lipinski definition) is 4. The van der Waals surface area contributed by atoms with E-state index in [0.717, 1.165) is 68.3 Å². The maximum absolute atomic E-state index is 9.82. The largest absolute Gasteiger partial charge is 0.452 e. The average molecular weight is 908 g/mol. The number of rotatable bonds is 6. The third kappa shape index (κ3) is 5.44. The predicted octanol–water partition coefficient (Wildman–Crippen LogP) is 15.4. The third-order valence-electron chi connectivity index (χ3n) is 14.7. The van der Waals surface area contributed by atoms with Gasteiger partial charge in [0.2, 0.25) is 0 Å². The first-order chi connectivity index (χ1) is 35.2. The van der Waals surface area contributed by atoms with Gasteiger partial charge in [-0.3, -0.25) is 4.98 Å². The summed E-state index contributed by atoms with van der Waals surface area (Å²) < 4.78 is 16.5. The topological polar surface area (TPSA) is 93.3 Å². The van der Waals surface area contributed by atoms with E-state index in [-0.39, 0.29) is 0 Å². The van der Waals surface area contributed by atoms with Crippen LogP contribution in [0.5, 0.6) is 0 Å². The van der Waals surface area contributed by atoms with Gasteiger partial charge in [0.15, 0.2) is 5.58 Å². The smallest absolute Gasteiger partial charge is 0.177 e. The Labute approximate surface area is 404 Å². The number of nitrogens with zero attached hydrogens (tertiary/aromatic N) is 7. The normalized spacial score (nSPS) is 12.0. The van der Waals surface area contributed by atoms with Gasteiger partial charge in [0.05, 0.1) is 67.6 Å². The van der Waals surface area contributed by atoms with Crippen LogP contribution in [0.25, 0.3) is 126 Å². The van der Waals surface area contributed by atoms with Gasteiger partial charge >= 0.3 is 0 Å². The number of benzene rings is 9. The van der Waals surface area contributed by atoms with Crippen molar-refractivity contribution < 1.29 is 4.42 Å². The Morgan fingerprint density at radius 3 is 1.52 bits per heavy atom. The molecule has 0 radical (unpaired) electrons. The molecule has 6 heterocycles. The first kappa shape index (κ1) is 39.1. The highest BCUT2D eigenvalue weighted by Gasteiger charge is 2.28. The third-order valence-corrected chi connectivity index (χ3v) is 14.7. The van der Waals surface area contributed by atoms with Gasteiger partial charge in [0.1, 0.15) is 11.1 Å². The molecule has 0 unspecified atom stereocenters. The van der Waals surface area contributed by atoms with Crippen molar-refractivity contribution in [1.29, 1.82) is 10.5 Å². The van der Waals surface area contributed by atoms with Crippen LogP contribution in [0.3, 0.4) is 0 Å². The molecule has 15 aromatic rings. The molecule has 0 atom stereocenters. The second-order valence-corrected chi connectivity index (χ2v) is 18.4. The lowest BCUT2D eigenvalue weighted by molar-refractivity contribution is 0.665. The van der Waals surface area contributed by atoms with E-state index in [2.05, 4.69) is 182 Å². The van der Waals surface area contributed by atoms with Crippen molar-refractivity contribution in [3.8, 4) is 29.2 Å². The second kappa shape index (κ2) is 14.8. The van der Waals surface area contributed by atoms with Crippen LogP contribution < -0.4 is 0 Å². The Balaban J connectivity index is 0.966. The van der Waals surface area contributed by atoms with Crippen LogP contribution in [0.2, 0.25) is 0 Å². The molecule has 0 spiro atoms. The van der Waals surface area contributed by atoms with Crippen molar-refractivity contribution in [2.75, 3.05) is 0 Å². The molecule has 15 rings (SSSR count). The minimum atomic E-state index is 0.558. The number of aryl methyl sites for hydroxylation is 2. The molecule has 0 aliphatic rings. The van der Waals surface area contributed by atoms with Crippen LogP contribution in [-0.2, 0) is 13.0 Å². The highest BCUT2D eigenvalue weighted by atomic mass is 16.3. The minimum Gasteiger partial charge on any atom is -0.452 e. The summed E-state index contributed by atoms with van der Waals surface area (Å²) in [4.78, 5) is 4.96. The molecular weight excluding hydrogens is 871 g/mol. The molecule has 330 valence electrons. The van der Waals surface area contributed by atoms with E-state index in [4.69, 9.17) is 9.40 Å². The van der Waals surface area contributed by atoms with Gasteiger partial charge in [-0.15, -0.1) is 0 Å². The zero-order valence-electron chi connectivity index (χ0n) is 38.0. The van der Waals surface area contributed by atoms with Crippen molar-refractivity contribution in [3.05, 3.63) is 217 Å². The van der Waals surface area contributed by atoms with Gasteiger partial charge in [0.25, 0.3) is 0 Å². The molecule has 9 aromatic carbocycles. The van der Waals surface area contributed by atoms with E-state index in [1.807, 2.05) is 48.7 Å². The summed E-state index contributed by atoms with van der Waals surface area (Å²) >= 11 is 0. The number of nitriles is 2. The lowest BCUT2D eigenvalue weighted by Crippen LogP contribution is -2.02. The van der Waals surface area contributed by atoms with Crippen molar-refractivity contribution in [3.63, 3.8) is 0 Å². The van der Waals surface area contributed by atoms with E-state index < -0.39 is 0 Å². The summed E-state index contributed by atoms with van der Waals surface area (Å²) in [6.07, 6.45) is 2.60. The molecule has 0 aliphatic heterocycles. The molecule has 8 heteroatoms. The first-order valence-corrected chi connectivity index (χ1v) is 23.9. The molecule has 8 nitrogen and oxygen atoms in total. The van der Waals surface area contributed by atoms with E-state index in [1.165, 1.54) is 71.0 Å². The van der Waals surface area contributed by atoms with Crippen molar-refractivity contribution in [1.82, 2.24) is 23.3 Å². The van der Waals surface area contributed by atoms with E-state index in [0.29, 0.717) is 16.7 Å². The van der Waals surface area contributed by atoms with Gasteiger partial charge in [0, 0.05) is 78.1 Å². The number of fused-ring (bicyclic) bond motifs is 18. The van der Waals surface area contributed by atoms with Crippen LogP contribution in [0.15, 0.2) is 205 Å². The lowest BCUT2D eigenvalue weighted by Gasteiger charge is -2.13. The fourth-order valence-corrected chi connectivity index (χ4v) is 11.8. The molecule has 0 saturated carbocycles. The molecule has 71 heavy (non-hydrogen) atoms. The van der Waals surface area contributed by atoms with Crippen LogP contribution in [0.1, 0.15) is 16.7 Å². The Hall–Kier alpha value is -9.89. The van der Waals surface area contributed by atoms with Gasteiger partial charge < -0.3 is 22.7 Å². The SMILES string of the molecule is N#Cc1ccc2c(c1)c1cc(C#N)ccc1n2-c1ccnc2c1oc1ccc(CCn3c4ccccc4c4c3c3c5ccccc5n(-c5ccccc5)c3c3c5ccccc5n(-c5ccccc5)c43)cc12. The number of pyridine rings is 1. The summed E-state index contributed by atoms with van der Waals surface area (Å²) in [5.74, 6) is 0. The summed E-state index contributed by atoms with van der Waals surface area (Å²) in [6, 6.07) is 72.8. The zero-order valence-corrected chi connectivity index (χ0v) is 38.0. The van der Waals surface area contributed by atoms with Crippen LogP contribution in [0, 0.1) is 22.7 Å². The van der Waals surface area contributed by atoms with E-state index >= 15 is 0 Å². The molecular formula is C63H37N7O. The molecule has 0 amide bonds. The monoisotopic (exact) mass is 907 g/mol. The van der Waals surface area contributed by atoms with Crippen LogP contribution in [-0.4, -0.2) is 23.3 Å². The summed E-state index contributed by atoms with van der Waals surface area (Å²) in [5, 5.41) is 29.7. The van der Waals surface area contributed by atoms with Crippen molar-refractivity contribution >= 4 is 109 Å². The quantitative estimate of drug-likeness (QED) is 0.166. The average Bonchev–Trinajstić information content (AvgIpc) is 4.24. The van der Waals surface area contributed by atoms with Gasteiger partial charge in [-0.05, 0) is 109 Å². The Morgan fingerprint density at radius 1 is 0.437 bits per heavy atom. The maximum atomic E-state index is 9.82. The summed E-state index contributed by atoms with van der Waals surface area (Å²) in [7, 11) is 0. The second-order valence-electron chi connectivity index (χ2n) is 18.4. The predicted molar refractivity (Wildman–Crippen MR) is 287 cm³/mol. The Morgan fingerprint density at radius 2 is 0.944 bits per heavy atom. The number of aromatic nitrogens is 5. The fraction of sp³-hybridized carbons (Fsp3) is 0.0317. The highest BCUT2D eigenvalue weighted by Crippen LogP contribution is 2.50. The molecule has 6 aromatic heterocycles. The van der Waals surface area contributed by atoms with Gasteiger partial charge in [-0.2, -0.15) is 10.5 Å². The lowest BCUT2D eigenvalue weighted by atomic mass is 10.0. The summed E-state index contributed by atoms with van der Waals surface area (Å²) in [6.45, 7) is 0.720. The number of furan rings is 1. The Kier molecular flexibility index (Phi) is 8.16. The van der Waals surface area contributed by atoms with Crippen molar-refractivity contribution in [2.24, 2.45) is 0 Å². The molecule has 0 bridgehead atoms. The van der Waals surface area contributed by atoms with Gasteiger partial charge in [-0.1, -0.05) is 97.1 Å². The first-order valence-electron chi connectivity index (χ1n) is 23.9.